The molecule has 7 nitrogen and oxygen atoms in total. The highest BCUT2D eigenvalue weighted by Gasteiger charge is 2.30. The summed E-state index contributed by atoms with van der Waals surface area (Å²) < 4.78 is 38.4. The van der Waals surface area contributed by atoms with Crippen molar-refractivity contribution in [3.63, 3.8) is 0 Å². The number of methoxy groups -OCH3 is 1. The maximum Gasteiger partial charge on any atom is 0.243 e. The predicted molar refractivity (Wildman–Crippen MR) is 122 cm³/mol. The van der Waals surface area contributed by atoms with Crippen LogP contribution in [0.2, 0.25) is 0 Å². The smallest absolute Gasteiger partial charge is 0.243 e. The van der Waals surface area contributed by atoms with E-state index in [0.29, 0.717) is 50.5 Å². The lowest BCUT2D eigenvalue weighted by Gasteiger charge is -2.34. The molecule has 0 unspecified atom stereocenters. The first-order valence-electron chi connectivity index (χ1n) is 11.1. The van der Waals surface area contributed by atoms with Crippen LogP contribution in [-0.2, 0) is 27.7 Å². The first-order chi connectivity index (χ1) is 15.5. The molecule has 0 N–H and O–H groups in total. The van der Waals surface area contributed by atoms with Crippen LogP contribution in [0.25, 0.3) is 0 Å². The third-order valence-corrected chi connectivity index (χ3v) is 8.06. The molecule has 2 aliphatic rings. The van der Waals surface area contributed by atoms with E-state index < -0.39 is 10.0 Å². The van der Waals surface area contributed by atoms with Gasteiger partial charge in [-0.3, -0.25) is 4.79 Å². The standard InChI is InChI=1S/C24H30N2O5S/c1-30-21-8-10-22(11-9-21)31-17-3-6-24(27)25-13-15-26(16-14-25)32(28,29)23-12-7-19-4-2-5-20(19)18-23/h7-12,18H,2-6,13-17H2,1H3. The summed E-state index contributed by atoms with van der Waals surface area (Å²) >= 11 is 0. The molecule has 1 fully saturated rings. The molecule has 172 valence electrons. The molecular formula is C24H30N2O5S. The average molecular weight is 459 g/mol. The Hall–Kier alpha value is -2.58. The van der Waals surface area contributed by atoms with Crippen molar-refractivity contribution in [3.8, 4) is 11.5 Å². The van der Waals surface area contributed by atoms with E-state index in [-0.39, 0.29) is 5.91 Å². The lowest BCUT2D eigenvalue weighted by molar-refractivity contribution is -0.132. The van der Waals surface area contributed by atoms with Gasteiger partial charge in [-0.25, -0.2) is 8.42 Å². The summed E-state index contributed by atoms with van der Waals surface area (Å²) in [5.74, 6) is 1.55. The third-order valence-electron chi connectivity index (χ3n) is 6.16. The number of rotatable bonds is 8. The minimum atomic E-state index is -3.52. The Kier molecular flexibility index (Phi) is 7.01. The minimum Gasteiger partial charge on any atom is -0.497 e. The lowest BCUT2D eigenvalue weighted by Crippen LogP contribution is -2.50. The molecule has 0 aromatic heterocycles. The molecule has 4 rings (SSSR count). The molecule has 8 heteroatoms. The SMILES string of the molecule is COc1ccc(OCCCC(=O)N2CCN(S(=O)(=O)c3ccc4c(c3)CCC4)CC2)cc1. The molecular weight excluding hydrogens is 428 g/mol. The van der Waals surface area contributed by atoms with Gasteiger partial charge in [0.1, 0.15) is 11.5 Å². The summed E-state index contributed by atoms with van der Waals surface area (Å²) in [6, 6.07) is 12.8. The number of fused-ring (bicyclic) bond motifs is 1. The largest absolute Gasteiger partial charge is 0.497 e. The number of carbonyl (C=O) groups excluding carboxylic acids is 1. The number of benzene rings is 2. The first-order valence-corrected chi connectivity index (χ1v) is 12.6. The second-order valence-electron chi connectivity index (χ2n) is 8.20. The zero-order valence-electron chi connectivity index (χ0n) is 18.5. The molecule has 1 amide bonds. The predicted octanol–water partition coefficient (Wildman–Crippen LogP) is 2.88. The van der Waals surface area contributed by atoms with Crippen molar-refractivity contribution < 1.29 is 22.7 Å². The molecule has 2 aromatic carbocycles. The van der Waals surface area contributed by atoms with Crippen LogP contribution >= 0.6 is 0 Å². The maximum atomic E-state index is 13.0. The zero-order valence-corrected chi connectivity index (χ0v) is 19.3. The van der Waals surface area contributed by atoms with Crippen LogP contribution in [0.3, 0.4) is 0 Å². The van der Waals surface area contributed by atoms with Crippen LogP contribution in [0.4, 0.5) is 0 Å². The molecule has 2 aromatic rings. The van der Waals surface area contributed by atoms with E-state index >= 15 is 0 Å². The second-order valence-corrected chi connectivity index (χ2v) is 10.1. The van der Waals surface area contributed by atoms with Gasteiger partial charge in [0.15, 0.2) is 0 Å². The number of aryl methyl sites for hydroxylation is 2. The van der Waals surface area contributed by atoms with Gasteiger partial charge in [0.25, 0.3) is 0 Å². The van der Waals surface area contributed by atoms with Gasteiger partial charge in [-0.05, 0) is 73.2 Å². The molecule has 0 saturated carbocycles. The molecule has 1 heterocycles. The summed E-state index contributed by atoms with van der Waals surface area (Å²) in [5.41, 5.74) is 2.41. The quantitative estimate of drug-likeness (QED) is 0.569. The van der Waals surface area contributed by atoms with E-state index in [1.807, 2.05) is 36.4 Å². The van der Waals surface area contributed by atoms with Crippen molar-refractivity contribution >= 4 is 15.9 Å². The average Bonchev–Trinajstić information content (AvgIpc) is 3.30. The van der Waals surface area contributed by atoms with Gasteiger partial charge in [0, 0.05) is 32.6 Å². The third kappa shape index (κ3) is 5.07. The molecule has 0 radical (unpaired) electrons. The van der Waals surface area contributed by atoms with E-state index in [0.717, 1.165) is 36.3 Å². The van der Waals surface area contributed by atoms with Crippen molar-refractivity contribution in [1.82, 2.24) is 9.21 Å². The van der Waals surface area contributed by atoms with Crippen LogP contribution in [0.15, 0.2) is 47.4 Å². The van der Waals surface area contributed by atoms with Crippen LogP contribution < -0.4 is 9.47 Å². The molecule has 1 saturated heterocycles. The number of nitrogens with zero attached hydrogens (tertiary/aromatic N) is 2. The van der Waals surface area contributed by atoms with Crippen LogP contribution in [0.1, 0.15) is 30.4 Å². The van der Waals surface area contributed by atoms with E-state index in [1.165, 1.54) is 9.87 Å². The van der Waals surface area contributed by atoms with Gasteiger partial charge in [0.05, 0.1) is 18.6 Å². The van der Waals surface area contributed by atoms with Gasteiger partial charge in [-0.1, -0.05) is 6.07 Å². The van der Waals surface area contributed by atoms with E-state index in [9.17, 15) is 13.2 Å². The van der Waals surface area contributed by atoms with Gasteiger partial charge in [0.2, 0.25) is 15.9 Å². The van der Waals surface area contributed by atoms with Crippen LogP contribution in [0, 0.1) is 0 Å². The highest BCUT2D eigenvalue weighted by atomic mass is 32.2. The zero-order chi connectivity index (χ0) is 22.6. The highest BCUT2D eigenvalue weighted by Crippen LogP contribution is 2.27. The maximum absolute atomic E-state index is 13.0. The summed E-state index contributed by atoms with van der Waals surface area (Å²) in [4.78, 5) is 14.7. The first kappa shape index (κ1) is 22.6. The van der Waals surface area contributed by atoms with Crippen molar-refractivity contribution in [1.29, 1.82) is 0 Å². The molecule has 0 bridgehead atoms. The Morgan fingerprint density at radius 1 is 0.938 bits per heavy atom. The van der Waals surface area contributed by atoms with Crippen LogP contribution in [-0.4, -0.2) is 63.4 Å². The van der Waals surface area contributed by atoms with Gasteiger partial charge in [-0.15, -0.1) is 0 Å². The number of carbonyl (C=O) groups is 1. The van der Waals surface area contributed by atoms with E-state index in [2.05, 4.69) is 0 Å². The lowest BCUT2D eigenvalue weighted by atomic mass is 10.1. The molecule has 0 atom stereocenters. The Balaban J connectivity index is 1.22. The normalized spacial score (nSPS) is 16.6. The topological polar surface area (TPSA) is 76.2 Å². The fourth-order valence-corrected chi connectivity index (χ4v) is 5.75. The Morgan fingerprint density at radius 2 is 1.62 bits per heavy atom. The summed E-state index contributed by atoms with van der Waals surface area (Å²) in [5, 5.41) is 0. The Bertz CT molecular complexity index is 1040. The number of amides is 1. The summed E-state index contributed by atoms with van der Waals surface area (Å²) in [6.07, 6.45) is 4.06. The summed E-state index contributed by atoms with van der Waals surface area (Å²) in [7, 11) is -1.91. The van der Waals surface area contributed by atoms with Crippen molar-refractivity contribution in [2.24, 2.45) is 0 Å². The second kappa shape index (κ2) is 9.92. The highest BCUT2D eigenvalue weighted by molar-refractivity contribution is 7.89. The number of sulfonamides is 1. The molecule has 32 heavy (non-hydrogen) atoms. The minimum absolute atomic E-state index is 0.0397. The number of hydrogen-bond acceptors (Lipinski definition) is 5. The Morgan fingerprint density at radius 3 is 2.34 bits per heavy atom. The van der Waals surface area contributed by atoms with E-state index in [4.69, 9.17) is 9.47 Å². The Labute approximate surface area is 190 Å². The van der Waals surface area contributed by atoms with Gasteiger partial charge in [-0.2, -0.15) is 4.31 Å². The monoisotopic (exact) mass is 458 g/mol. The van der Waals surface area contributed by atoms with Crippen molar-refractivity contribution in [3.05, 3.63) is 53.6 Å². The van der Waals surface area contributed by atoms with Gasteiger partial charge < -0.3 is 14.4 Å². The fraction of sp³-hybridized carbons (Fsp3) is 0.458. The van der Waals surface area contributed by atoms with Gasteiger partial charge >= 0.3 is 0 Å². The number of piperazine rings is 1. The molecule has 0 spiro atoms. The number of ether oxygens (including phenoxy) is 2. The van der Waals surface area contributed by atoms with Crippen molar-refractivity contribution in [2.75, 3.05) is 39.9 Å². The summed E-state index contributed by atoms with van der Waals surface area (Å²) in [6.45, 7) is 1.94. The van der Waals surface area contributed by atoms with Crippen molar-refractivity contribution in [2.45, 2.75) is 37.0 Å². The van der Waals surface area contributed by atoms with Crippen LogP contribution in [0.5, 0.6) is 11.5 Å². The fourth-order valence-electron chi connectivity index (χ4n) is 4.28. The molecule has 1 aliphatic carbocycles. The van der Waals surface area contributed by atoms with E-state index in [1.54, 1.807) is 18.1 Å². The molecule has 1 aliphatic heterocycles. The number of hydrogen-bond donors (Lipinski definition) is 0.